The Morgan fingerprint density at radius 3 is 0.846 bits per heavy atom. The molecule has 0 bridgehead atoms. The summed E-state index contributed by atoms with van der Waals surface area (Å²) in [7, 11) is 0. The SMILES string of the molecule is CC(C)c1ccc2c(c1)B1c3cc(C(C)C)ccc3-c3cc4c5c6c3N1c1c(cc(C(C)C)cc1-2)B6c1cc(C(C)C)cc2c1N5B(c1cc(C(C)C)ccc1-2)c1cc(C(C)C)ccc1-4. The molecular formula is C60H59B3N2. The Labute approximate surface area is 388 Å². The Bertz CT molecular complexity index is 3060. The normalized spacial score (nSPS) is 14.8. The molecule has 0 aromatic heterocycles. The summed E-state index contributed by atoms with van der Waals surface area (Å²) in [6.07, 6.45) is 0. The molecule has 2 nitrogen and oxygen atoms in total. The fraction of sp³-hybridized carbons (Fsp3) is 0.300. The zero-order valence-electron chi connectivity index (χ0n) is 40.4. The molecule has 0 amide bonds. The summed E-state index contributed by atoms with van der Waals surface area (Å²) in [6.45, 7) is 28.6. The highest BCUT2D eigenvalue weighted by atomic mass is 15.1. The highest BCUT2D eigenvalue weighted by Gasteiger charge is 2.56. The topological polar surface area (TPSA) is 6.48 Å². The van der Waals surface area contributed by atoms with E-state index in [1.165, 1.54) is 139 Å². The van der Waals surface area contributed by atoms with Crippen molar-refractivity contribution in [1.29, 1.82) is 0 Å². The van der Waals surface area contributed by atoms with Crippen molar-refractivity contribution >= 4 is 81.4 Å². The summed E-state index contributed by atoms with van der Waals surface area (Å²) in [6, 6.07) is 43.2. The van der Waals surface area contributed by atoms with Gasteiger partial charge in [0.15, 0.2) is 0 Å². The third-order valence-electron chi connectivity index (χ3n) is 16.7. The molecule has 0 unspecified atom stereocenters. The van der Waals surface area contributed by atoms with E-state index in [0.29, 0.717) is 35.5 Å². The number of rotatable bonds is 6. The number of anilines is 4. The van der Waals surface area contributed by atoms with Gasteiger partial charge in [-0.05, 0) is 148 Å². The largest absolute Gasteiger partial charge is 0.377 e. The molecule has 0 saturated heterocycles. The number of hydrogen-bond acceptors (Lipinski definition) is 2. The fourth-order valence-corrected chi connectivity index (χ4v) is 13.1. The quantitative estimate of drug-likeness (QED) is 0.154. The van der Waals surface area contributed by atoms with E-state index >= 15 is 0 Å². The number of nitrogens with zero attached hydrogens (tertiary/aromatic N) is 2. The van der Waals surface area contributed by atoms with Crippen molar-refractivity contribution in [2.24, 2.45) is 0 Å². The van der Waals surface area contributed by atoms with Crippen molar-refractivity contribution < 1.29 is 0 Å². The van der Waals surface area contributed by atoms with Crippen LogP contribution in [0.15, 0.2) is 103 Å². The molecule has 0 spiro atoms. The van der Waals surface area contributed by atoms with Crippen molar-refractivity contribution in [3.63, 3.8) is 0 Å². The highest BCUT2D eigenvalue weighted by Crippen LogP contribution is 2.56. The predicted octanol–water partition coefficient (Wildman–Crippen LogP) is 11.4. The zero-order valence-corrected chi connectivity index (χ0v) is 40.4. The molecule has 13 rings (SSSR count). The Morgan fingerprint density at radius 1 is 0.277 bits per heavy atom. The Morgan fingerprint density at radius 2 is 0.554 bits per heavy atom. The van der Waals surface area contributed by atoms with Crippen LogP contribution in [-0.2, 0) is 0 Å². The predicted molar refractivity (Wildman–Crippen MR) is 285 cm³/mol. The third kappa shape index (κ3) is 5.11. The average molecular weight is 841 g/mol. The van der Waals surface area contributed by atoms with Gasteiger partial charge in [0.05, 0.1) is 0 Å². The summed E-state index contributed by atoms with van der Waals surface area (Å²) in [4.78, 5) is 5.77. The van der Waals surface area contributed by atoms with Gasteiger partial charge in [-0.1, -0.05) is 168 Å². The minimum absolute atomic E-state index is 0.0613. The minimum atomic E-state index is 0.0613. The summed E-state index contributed by atoms with van der Waals surface area (Å²) >= 11 is 0. The fourth-order valence-electron chi connectivity index (χ4n) is 13.1. The summed E-state index contributed by atoms with van der Waals surface area (Å²) < 4.78 is 0. The van der Waals surface area contributed by atoms with Crippen LogP contribution in [-0.4, -0.2) is 20.4 Å². The van der Waals surface area contributed by atoms with E-state index in [1.54, 1.807) is 0 Å². The third-order valence-corrected chi connectivity index (χ3v) is 16.7. The van der Waals surface area contributed by atoms with Crippen LogP contribution in [0.1, 0.15) is 152 Å². The summed E-state index contributed by atoms with van der Waals surface area (Å²) in [5.74, 6) is 2.49. The lowest BCUT2D eigenvalue weighted by molar-refractivity contribution is 0.866. The van der Waals surface area contributed by atoms with Crippen molar-refractivity contribution in [2.45, 2.75) is 119 Å². The molecule has 0 atom stereocenters. The zero-order chi connectivity index (χ0) is 44.8. The first-order valence-electron chi connectivity index (χ1n) is 24.9. The molecule has 0 saturated carbocycles. The van der Waals surface area contributed by atoms with Gasteiger partial charge >= 0.3 is 13.7 Å². The lowest BCUT2D eigenvalue weighted by Gasteiger charge is -2.55. The van der Waals surface area contributed by atoms with Gasteiger partial charge in [-0.15, -0.1) is 0 Å². The van der Waals surface area contributed by atoms with Crippen molar-refractivity contribution in [1.82, 2.24) is 0 Å². The maximum Gasteiger partial charge on any atom is 0.329 e. The second-order valence-corrected chi connectivity index (χ2v) is 22.4. The van der Waals surface area contributed by atoms with Crippen molar-refractivity contribution in [3.05, 3.63) is 137 Å². The van der Waals surface area contributed by atoms with Gasteiger partial charge in [0.25, 0.3) is 6.71 Å². The molecular weight excluding hydrogens is 781 g/mol. The monoisotopic (exact) mass is 840 g/mol. The van der Waals surface area contributed by atoms with Crippen LogP contribution in [0.3, 0.4) is 0 Å². The van der Waals surface area contributed by atoms with Crippen molar-refractivity contribution in [2.75, 3.05) is 9.62 Å². The van der Waals surface area contributed by atoms with Crippen LogP contribution in [0.2, 0.25) is 0 Å². The molecule has 0 aliphatic carbocycles. The smallest absolute Gasteiger partial charge is 0.329 e. The molecule has 318 valence electrons. The number of benzene rings is 7. The lowest BCUT2D eigenvalue weighted by atomic mass is 9.28. The van der Waals surface area contributed by atoms with E-state index in [9.17, 15) is 0 Å². The molecule has 65 heavy (non-hydrogen) atoms. The molecule has 0 N–H and O–H groups in total. The Hall–Kier alpha value is -5.67. The molecule has 6 heterocycles. The maximum atomic E-state index is 2.88. The average Bonchev–Trinajstić information content (AvgIpc) is 3.29. The summed E-state index contributed by atoms with van der Waals surface area (Å²) in [5.41, 5.74) is 35.6. The van der Waals surface area contributed by atoms with E-state index in [2.05, 4.69) is 196 Å². The molecule has 0 fully saturated rings. The van der Waals surface area contributed by atoms with Gasteiger partial charge in [-0.2, -0.15) is 0 Å². The first kappa shape index (κ1) is 39.7. The first-order chi connectivity index (χ1) is 31.2. The number of fused-ring (bicyclic) bond motifs is 14. The van der Waals surface area contributed by atoms with Gasteiger partial charge < -0.3 is 9.62 Å². The highest BCUT2D eigenvalue weighted by molar-refractivity contribution is 7.06. The van der Waals surface area contributed by atoms with E-state index in [-0.39, 0.29) is 20.4 Å². The van der Waals surface area contributed by atoms with Crippen LogP contribution >= 0.6 is 0 Å². The maximum absolute atomic E-state index is 2.88. The second-order valence-electron chi connectivity index (χ2n) is 22.4. The first-order valence-corrected chi connectivity index (χ1v) is 24.9. The van der Waals surface area contributed by atoms with Crippen LogP contribution < -0.4 is 47.9 Å². The minimum Gasteiger partial charge on any atom is -0.377 e. The van der Waals surface area contributed by atoms with Crippen molar-refractivity contribution in [3.8, 4) is 44.5 Å². The van der Waals surface area contributed by atoms with Gasteiger partial charge in [-0.25, -0.2) is 0 Å². The van der Waals surface area contributed by atoms with Crippen LogP contribution in [0, 0.1) is 0 Å². The summed E-state index contributed by atoms with van der Waals surface area (Å²) in [5, 5.41) is 0. The lowest BCUT2D eigenvalue weighted by Crippen LogP contribution is -2.72. The molecule has 6 aliphatic heterocycles. The second kappa shape index (κ2) is 13.5. The van der Waals surface area contributed by atoms with Crippen LogP contribution in [0.25, 0.3) is 44.5 Å². The molecule has 0 radical (unpaired) electrons. The van der Waals surface area contributed by atoms with Gasteiger partial charge in [0, 0.05) is 45.0 Å². The number of hydrogen-bond donors (Lipinski definition) is 0. The standard InChI is InChI=1S/C60H59B3N2/c1-30(2)36-13-17-42-46-21-40(34(9)10)27-54-57(46)64-59-48(44-19-15-38(32(5)6)25-52(44)62(64)50(42)23-36)29-49-45-20-16-39(33(7)8)26-53(45)63-51-24-37(31(3)4)14-18-43(51)47-22-41(35(11)12)28-55-58(47)65(63)60(49)56(59)61(54)55/h13-35H,1-12H3. The Balaban J connectivity index is 1.26. The van der Waals surface area contributed by atoms with E-state index in [4.69, 9.17) is 0 Å². The molecule has 6 aliphatic rings. The van der Waals surface area contributed by atoms with Gasteiger partial charge in [0.2, 0.25) is 0 Å². The molecule has 7 aromatic carbocycles. The van der Waals surface area contributed by atoms with Crippen LogP contribution in [0.4, 0.5) is 22.7 Å². The Kier molecular flexibility index (Phi) is 8.22. The van der Waals surface area contributed by atoms with Crippen LogP contribution in [0.5, 0.6) is 0 Å². The van der Waals surface area contributed by atoms with E-state index in [1.807, 2.05) is 0 Å². The molecule has 5 heteroatoms. The van der Waals surface area contributed by atoms with Gasteiger partial charge in [-0.3, -0.25) is 0 Å². The molecule has 7 aromatic rings. The van der Waals surface area contributed by atoms with Gasteiger partial charge in [0.1, 0.15) is 0 Å². The van der Waals surface area contributed by atoms with E-state index in [0.717, 1.165) is 0 Å². The van der Waals surface area contributed by atoms with E-state index < -0.39 is 0 Å².